The van der Waals surface area contributed by atoms with Gasteiger partial charge in [0.2, 0.25) is 0 Å². The molecule has 0 amide bonds. The van der Waals surface area contributed by atoms with Gasteiger partial charge in [-0.1, -0.05) is 76.6 Å². The molecule has 0 aliphatic carbocycles. The molecule has 0 spiro atoms. The van der Waals surface area contributed by atoms with Crippen molar-refractivity contribution in [2.24, 2.45) is 0 Å². The Labute approximate surface area is 130 Å². The monoisotopic (exact) mass is 286 g/mol. The van der Waals surface area contributed by atoms with E-state index in [0.717, 1.165) is 12.0 Å². The molecule has 1 rings (SSSR count). The Hall–Kier alpha value is -1.42. The standard InChI is InChI=1S/C20H30O/c1-2-3-4-5-6-7-8-9-10-11-12-13-14-19-15-17-20(21)18-16-19/h15-18,21H,2-12H2,1H3. The number of phenolic OH excluding ortho intramolecular Hbond substituents is 1. The van der Waals surface area contributed by atoms with Gasteiger partial charge in [0.15, 0.2) is 0 Å². The van der Waals surface area contributed by atoms with Crippen LogP contribution < -0.4 is 0 Å². The third-order valence-corrected chi connectivity index (χ3v) is 3.76. The predicted octanol–water partition coefficient (Wildman–Crippen LogP) is 6.05. The molecular formula is C20H30O. The molecule has 0 heterocycles. The van der Waals surface area contributed by atoms with E-state index in [4.69, 9.17) is 0 Å². The second-order valence-corrected chi connectivity index (χ2v) is 5.78. The Kier molecular flexibility index (Phi) is 10.4. The Morgan fingerprint density at radius 2 is 1.29 bits per heavy atom. The molecule has 1 heteroatoms. The number of hydrogen-bond acceptors (Lipinski definition) is 1. The lowest BCUT2D eigenvalue weighted by molar-refractivity contribution is 0.475. The van der Waals surface area contributed by atoms with E-state index in [1.807, 2.05) is 12.1 Å². The first-order valence-corrected chi connectivity index (χ1v) is 8.61. The van der Waals surface area contributed by atoms with Crippen LogP contribution in [-0.2, 0) is 0 Å². The number of rotatable bonds is 10. The van der Waals surface area contributed by atoms with E-state index in [9.17, 15) is 5.11 Å². The highest BCUT2D eigenvalue weighted by Crippen LogP contribution is 2.11. The van der Waals surface area contributed by atoms with E-state index in [1.165, 1.54) is 64.2 Å². The van der Waals surface area contributed by atoms with E-state index >= 15 is 0 Å². The summed E-state index contributed by atoms with van der Waals surface area (Å²) in [4.78, 5) is 0. The Morgan fingerprint density at radius 1 is 0.762 bits per heavy atom. The van der Waals surface area contributed by atoms with Crippen molar-refractivity contribution < 1.29 is 5.11 Å². The zero-order valence-electron chi connectivity index (χ0n) is 13.5. The molecule has 0 radical (unpaired) electrons. The zero-order valence-corrected chi connectivity index (χ0v) is 13.5. The SMILES string of the molecule is CCCCCCCCCCCCC#Cc1ccc(O)cc1. The average molecular weight is 286 g/mol. The number of unbranched alkanes of at least 4 members (excludes halogenated alkanes) is 10. The molecule has 0 aliphatic rings. The minimum absolute atomic E-state index is 0.301. The van der Waals surface area contributed by atoms with Crippen LogP contribution in [0.4, 0.5) is 0 Å². The van der Waals surface area contributed by atoms with E-state index in [2.05, 4.69) is 18.8 Å². The second-order valence-electron chi connectivity index (χ2n) is 5.78. The molecule has 0 bridgehead atoms. The van der Waals surface area contributed by atoms with Crippen molar-refractivity contribution in [2.45, 2.75) is 77.6 Å². The summed E-state index contributed by atoms with van der Waals surface area (Å²) < 4.78 is 0. The van der Waals surface area contributed by atoms with Crippen molar-refractivity contribution in [3.63, 3.8) is 0 Å². The van der Waals surface area contributed by atoms with Gasteiger partial charge >= 0.3 is 0 Å². The maximum atomic E-state index is 9.18. The fraction of sp³-hybridized carbons (Fsp3) is 0.600. The molecule has 1 aromatic carbocycles. The first-order chi connectivity index (χ1) is 10.3. The maximum Gasteiger partial charge on any atom is 0.115 e. The number of hydrogen-bond donors (Lipinski definition) is 1. The number of aromatic hydroxyl groups is 1. The summed E-state index contributed by atoms with van der Waals surface area (Å²) in [6.45, 7) is 2.27. The fourth-order valence-electron chi connectivity index (χ4n) is 2.41. The minimum Gasteiger partial charge on any atom is -0.508 e. The Bertz CT molecular complexity index is 408. The van der Waals surface area contributed by atoms with Gasteiger partial charge in [-0.3, -0.25) is 0 Å². The van der Waals surface area contributed by atoms with Crippen molar-refractivity contribution >= 4 is 0 Å². The van der Waals surface area contributed by atoms with E-state index in [1.54, 1.807) is 12.1 Å². The fourth-order valence-corrected chi connectivity index (χ4v) is 2.41. The summed E-state index contributed by atoms with van der Waals surface area (Å²) in [7, 11) is 0. The van der Waals surface area contributed by atoms with Gasteiger partial charge in [-0.25, -0.2) is 0 Å². The topological polar surface area (TPSA) is 20.2 Å². The van der Waals surface area contributed by atoms with Crippen LogP contribution in [0.3, 0.4) is 0 Å². The molecule has 21 heavy (non-hydrogen) atoms. The quantitative estimate of drug-likeness (QED) is 0.410. The van der Waals surface area contributed by atoms with Crippen LogP contribution in [-0.4, -0.2) is 5.11 Å². The molecular weight excluding hydrogens is 256 g/mol. The molecule has 0 saturated carbocycles. The van der Waals surface area contributed by atoms with Gasteiger partial charge in [0.25, 0.3) is 0 Å². The van der Waals surface area contributed by atoms with Crippen LogP contribution in [0.5, 0.6) is 5.75 Å². The van der Waals surface area contributed by atoms with Crippen molar-refractivity contribution in [2.75, 3.05) is 0 Å². The van der Waals surface area contributed by atoms with Gasteiger partial charge < -0.3 is 5.11 Å². The molecule has 0 saturated heterocycles. The third kappa shape index (κ3) is 10.0. The van der Waals surface area contributed by atoms with E-state index < -0.39 is 0 Å². The van der Waals surface area contributed by atoms with Gasteiger partial charge in [-0.2, -0.15) is 0 Å². The number of phenols is 1. The summed E-state index contributed by atoms with van der Waals surface area (Å²) in [6, 6.07) is 7.09. The molecule has 1 nitrogen and oxygen atoms in total. The largest absolute Gasteiger partial charge is 0.508 e. The van der Waals surface area contributed by atoms with E-state index in [0.29, 0.717) is 5.75 Å². The van der Waals surface area contributed by atoms with Crippen molar-refractivity contribution in [1.29, 1.82) is 0 Å². The lowest BCUT2D eigenvalue weighted by atomic mass is 10.1. The summed E-state index contributed by atoms with van der Waals surface area (Å²) >= 11 is 0. The molecule has 0 aromatic heterocycles. The van der Waals surface area contributed by atoms with Crippen LogP contribution in [0, 0.1) is 11.8 Å². The summed E-state index contributed by atoms with van der Waals surface area (Å²) in [5.41, 5.74) is 0.986. The number of benzene rings is 1. The van der Waals surface area contributed by atoms with Crippen LogP contribution in [0.1, 0.15) is 83.1 Å². The highest BCUT2D eigenvalue weighted by atomic mass is 16.3. The summed E-state index contributed by atoms with van der Waals surface area (Å²) in [5, 5.41) is 9.18. The van der Waals surface area contributed by atoms with Crippen molar-refractivity contribution in [3.05, 3.63) is 29.8 Å². The average Bonchev–Trinajstić information content (AvgIpc) is 2.50. The molecule has 0 fully saturated rings. The lowest BCUT2D eigenvalue weighted by Gasteiger charge is -2.00. The van der Waals surface area contributed by atoms with Crippen molar-refractivity contribution in [3.8, 4) is 17.6 Å². The normalized spacial score (nSPS) is 10.1. The first-order valence-electron chi connectivity index (χ1n) is 8.61. The van der Waals surface area contributed by atoms with Gasteiger partial charge in [0.05, 0.1) is 0 Å². The van der Waals surface area contributed by atoms with Crippen molar-refractivity contribution in [1.82, 2.24) is 0 Å². The molecule has 0 atom stereocenters. The highest BCUT2D eigenvalue weighted by Gasteiger charge is 1.92. The van der Waals surface area contributed by atoms with Gasteiger partial charge in [0, 0.05) is 12.0 Å². The van der Waals surface area contributed by atoms with Gasteiger partial charge in [-0.15, -0.1) is 0 Å². The third-order valence-electron chi connectivity index (χ3n) is 3.76. The molecule has 0 unspecified atom stereocenters. The van der Waals surface area contributed by atoms with E-state index in [-0.39, 0.29) is 0 Å². The summed E-state index contributed by atoms with van der Waals surface area (Å²) in [6.07, 6.45) is 14.6. The van der Waals surface area contributed by atoms with Crippen LogP contribution in [0.2, 0.25) is 0 Å². The summed E-state index contributed by atoms with van der Waals surface area (Å²) in [5.74, 6) is 6.66. The maximum absolute atomic E-state index is 9.18. The lowest BCUT2D eigenvalue weighted by Crippen LogP contribution is -1.81. The van der Waals surface area contributed by atoms with Crippen LogP contribution >= 0.6 is 0 Å². The van der Waals surface area contributed by atoms with Crippen LogP contribution in [0.25, 0.3) is 0 Å². The van der Waals surface area contributed by atoms with Gasteiger partial charge in [0.1, 0.15) is 5.75 Å². The Morgan fingerprint density at radius 3 is 1.86 bits per heavy atom. The first kappa shape index (κ1) is 17.6. The molecule has 0 aliphatic heterocycles. The second kappa shape index (κ2) is 12.3. The Balaban J connectivity index is 1.92. The highest BCUT2D eigenvalue weighted by molar-refractivity contribution is 5.37. The molecule has 1 aromatic rings. The smallest absolute Gasteiger partial charge is 0.115 e. The van der Waals surface area contributed by atoms with Crippen LogP contribution in [0.15, 0.2) is 24.3 Å². The predicted molar refractivity (Wildman–Crippen MR) is 91.4 cm³/mol. The molecule has 116 valence electrons. The van der Waals surface area contributed by atoms with Gasteiger partial charge in [-0.05, 0) is 30.7 Å². The molecule has 1 N–H and O–H groups in total. The zero-order chi connectivity index (χ0) is 15.2. The minimum atomic E-state index is 0.301.